The molecular formula is C12H24N2O3S. The van der Waals surface area contributed by atoms with Crippen LogP contribution in [-0.2, 0) is 10.2 Å². The summed E-state index contributed by atoms with van der Waals surface area (Å²) in [6.45, 7) is 6.37. The molecule has 2 atom stereocenters. The van der Waals surface area contributed by atoms with Gasteiger partial charge in [-0.3, -0.25) is 0 Å². The van der Waals surface area contributed by atoms with E-state index in [9.17, 15) is 13.5 Å². The van der Waals surface area contributed by atoms with Crippen molar-refractivity contribution in [2.24, 2.45) is 11.8 Å². The Bertz CT molecular complexity index is 367. The number of piperidine rings is 2. The van der Waals surface area contributed by atoms with E-state index >= 15 is 0 Å². The minimum atomic E-state index is -3.32. The fourth-order valence-corrected chi connectivity index (χ4v) is 4.91. The van der Waals surface area contributed by atoms with E-state index in [4.69, 9.17) is 0 Å². The van der Waals surface area contributed by atoms with Crippen LogP contribution < -0.4 is 0 Å². The second kappa shape index (κ2) is 5.45. The number of aliphatic hydroxyl groups is 1. The van der Waals surface area contributed by atoms with E-state index in [0.29, 0.717) is 50.9 Å². The summed E-state index contributed by atoms with van der Waals surface area (Å²) in [6.07, 6.45) is 1.87. The van der Waals surface area contributed by atoms with Gasteiger partial charge in [0, 0.05) is 26.2 Å². The minimum absolute atomic E-state index is 0.337. The molecule has 0 aliphatic carbocycles. The third-order valence-electron chi connectivity index (χ3n) is 3.91. The summed E-state index contributed by atoms with van der Waals surface area (Å²) in [7, 11) is -3.32. The van der Waals surface area contributed by atoms with Crippen LogP contribution in [0.15, 0.2) is 0 Å². The average Bonchev–Trinajstić information content (AvgIpc) is 2.28. The molecular weight excluding hydrogens is 252 g/mol. The molecule has 6 heteroatoms. The smallest absolute Gasteiger partial charge is 0.281 e. The summed E-state index contributed by atoms with van der Waals surface area (Å²) < 4.78 is 28.2. The van der Waals surface area contributed by atoms with E-state index in [1.807, 2.05) is 0 Å². The van der Waals surface area contributed by atoms with Gasteiger partial charge in [0.1, 0.15) is 0 Å². The highest BCUT2D eigenvalue weighted by atomic mass is 32.2. The monoisotopic (exact) mass is 276 g/mol. The summed E-state index contributed by atoms with van der Waals surface area (Å²) in [5.74, 6) is 0.859. The summed E-state index contributed by atoms with van der Waals surface area (Å²) >= 11 is 0. The topological polar surface area (TPSA) is 60.9 Å². The molecule has 2 aliphatic rings. The Balaban J connectivity index is 2.06. The Morgan fingerprint density at radius 1 is 1.00 bits per heavy atom. The van der Waals surface area contributed by atoms with Crippen LogP contribution in [0, 0.1) is 11.8 Å². The van der Waals surface area contributed by atoms with E-state index in [0.717, 1.165) is 6.42 Å². The average molecular weight is 276 g/mol. The minimum Gasteiger partial charge on any atom is -0.393 e. The lowest BCUT2D eigenvalue weighted by atomic mass is 9.94. The Hall–Kier alpha value is -0.170. The highest BCUT2D eigenvalue weighted by Crippen LogP contribution is 2.26. The summed E-state index contributed by atoms with van der Waals surface area (Å²) in [5, 5.41) is 9.45. The molecule has 106 valence electrons. The first-order valence-electron chi connectivity index (χ1n) is 6.83. The number of aliphatic hydroxyl groups excluding tert-OH is 1. The molecule has 0 radical (unpaired) electrons. The molecule has 0 saturated carbocycles. The van der Waals surface area contributed by atoms with Crippen molar-refractivity contribution < 1.29 is 13.5 Å². The van der Waals surface area contributed by atoms with Gasteiger partial charge in [0.2, 0.25) is 0 Å². The van der Waals surface area contributed by atoms with E-state index in [-0.39, 0.29) is 6.10 Å². The van der Waals surface area contributed by atoms with Crippen molar-refractivity contribution in [2.45, 2.75) is 39.2 Å². The van der Waals surface area contributed by atoms with Gasteiger partial charge in [0.15, 0.2) is 0 Å². The molecule has 2 heterocycles. The lowest BCUT2D eigenvalue weighted by Crippen LogP contribution is -2.51. The predicted molar refractivity (Wildman–Crippen MR) is 70.3 cm³/mol. The summed E-state index contributed by atoms with van der Waals surface area (Å²) in [5.41, 5.74) is 0. The molecule has 5 nitrogen and oxygen atoms in total. The van der Waals surface area contributed by atoms with Crippen molar-refractivity contribution in [3.05, 3.63) is 0 Å². The van der Waals surface area contributed by atoms with Gasteiger partial charge in [-0.05, 0) is 31.1 Å². The van der Waals surface area contributed by atoms with Crippen LogP contribution in [0.4, 0.5) is 0 Å². The molecule has 0 aromatic carbocycles. The normalized spacial score (nSPS) is 33.7. The van der Waals surface area contributed by atoms with Crippen molar-refractivity contribution in [1.29, 1.82) is 0 Å². The zero-order valence-corrected chi connectivity index (χ0v) is 12.1. The van der Waals surface area contributed by atoms with E-state index in [2.05, 4.69) is 13.8 Å². The first kappa shape index (κ1) is 14.2. The zero-order chi connectivity index (χ0) is 13.3. The van der Waals surface area contributed by atoms with E-state index in [1.165, 1.54) is 4.31 Å². The van der Waals surface area contributed by atoms with Crippen molar-refractivity contribution in [1.82, 2.24) is 8.61 Å². The molecule has 0 bridgehead atoms. The quantitative estimate of drug-likeness (QED) is 0.806. The molecule has 18 heavy (non-hydrogen) atoms. The second-order valence-corrected chi connectivity index (χ2v) is 7.83. The van der Waals surface area contributed by atoms with Gasteiger partial charge in [0.25, 0.3) is 10.2 Å². The molecule has 2 rings (SSSR count). The predicted octanol–water partition coefficient (Wildman–Crippen LogP) is 0.666. The maximum atomic E-state index is 12.5. The molecule has 0 aromatic rings. The first-order chi connectivity index (χ1) is 8.39. The molecule has 0 unspecified atom stereocenters. The van der Waals surface area contributed by atoms with Crippen molar-refractivity contribution in [2.75, 3.05) is 26.2 Å². The first-order valence-corrected chi connectivity index (χ1v) is 8.22. The van der Waals surface area contributed by atoms with Crippen LogP contribution in [0.5, 0.6) is 0 Å². The van der Waals surface area contributed by atoms with Crippen LogP contribution >= 0.6 is 0 Å². The third kappa shape index (κ3) is 3.04. The van der Waals surface area contributed by atoms with Gasteiger partial charge in [-0.25, -0.2) is 0 Å². The van der Waals surface area contributed by atoms with Gasteiger partial charge in [-0.1, -0.05) is 13.8 Å². The van der Waals surface area contributed by atoms with Crippen LogP contribution in [0.3, 0.4) is 0 Å². The van der Waals surface area contributed by atoms with E-state index < -0.39 is 10.2 Å². The molecule has 0 aromatic heterocycles. The highest BCUT2D eigenvalue weighted by Gasteiger charge is 2.36. The van der Waals surface area contributed by atoms with E-state index in [1.54, 1.807) is 4.31 Å². The van der Waals surface area contributed by atoms with Crippen molar-refractivity contribution in [3.63, 3.8) is 0 Å². The van der Waals surface area contributed by atoms with Crippen molar-refractivity contribution in [3.8, 4) is 0 Å². The van der Waals surface area contributed by atoms with Gasteiger partial charge < -0.3 is 5.11 Å². The lowest BCUT2D eigenvalue weighted by molar-refractivity contribution is 0.108. The van der Waals surface area contributed by atoms with Gasteiger partial charge in [-0.2, -0.15) is 17.0 Å². The zero-order valence-electron chi connectivity index (χ0n) is 11.2. The molecule has 2 fully saturated rings. The van der Waals surface area contributed by atoms with Crippen LogP contribution in [-0.4, -0.2) is 54.4 Å². The summed E-state index contributed by atoms with van der Waals surface area (Å²) in [6, 6.07) is 0. The maximum absolute atomic E-state index is 12.5. The van der Waals surface area contributed by atoms with Crippen LogP contribution in [0.1, 0.15) is 33.1 Å². The Kier molecular flexibility index (Phi) is 4.31. The fraction of sp³-hybridized carbons (Fsp3) is 1.00. The standard InChI is InChI=1S/C12H24N2O3S/c1-10-7-11(2)9-14(8-10)18(16,17)13-5-3-12(15)4-6-13/h10-12,15H,3-9H2,1-2H3/t10-,11-/m1/s1. The number of rotatable bonds is 2. The largest absolute Gasteiger partial charge is 0.393 e. The van der Waals surface area contributed by atoms with Crippen molar-refractivity contribution >= 4 is 10.2 Å². The SMILES string of the molecule is C[C@@H]1C[C@@H](C)CN(S(=O)(=O)N2CCC(O)CC2)C1. The maximum Gasteiger partial charge on any atom is 0.281 e. The highest BCUT2D eigenvalue weighted by molar-refractivity contribution is 7.86. The molecule has 1 N–H and O–H groups in total. The van der Waals surface area contributed by atoms with Crippen LogP contribution in [0.25, 0.3) is 0 Å². The Labute approximate surface area is 110 Å². The summed E-state index contributed by atoms with van der Waals surface area (Å²) in [4.78, 5) is 0. The lowest BCUT2D eigenvalue weighted by Gasteiger charge is -2.38. The van der Waals surface area contributed by atoms with Crippen LogP contribution in [0.2, 0.25) is 0 Å². The Morgan fingerprint density at radius 3 is 2.00 bits per heavy atom. The molecule has 2 aliphatic heterocycles. The second-order valence-electron chi connectivity index (χ2n) is 5.90. The van der Waals surface area contributed by atoms with Gasteiger partial charge in [0.05, 0.1) is 6.10 Å². The number of nitrogens with zero attached hydrogens (tertiary/aromatic N) is 2. The van der Waals surface area contributed by atoms with Gasteiger partial charge in [-0.15, -0.1) is 0 Å². The number of hydrogen-bond acceptors (Lipinski definition) is 3. The third-order valence-corrected chi connectivity index (χ3v) is 5.88. The molecule has 0 amide bonds. The van der Waals surface area contributed by atoms with Gasteiger partial charge >= 0.3 is 0 Å². The number of hydrogen-bond donors (Lipinski definition) is 1. The Morgan fingerprint density at radius 2 is 1.50 bits per heavy atom. The fourth-order valence-electron chi connectivity index (χ4n) is 3.03. The molecule has 0 spiro atoms. The molecule has 2 saturated heterocycles.